The van der Waals surface area contributed by atoms with Crippen LogP contribution >= 0.6 is 15.9 Å². The predicted octanol–water partition coefficient (Wildman–Crippen LogP) is 2.92. The van der Waals surface area contributed by atoms with Gasteiger partial charge in [0.05, 0.1) is 28.3 Å². The number of nitro groups is 1. The van der Waals surface area contributed by atoms with Gasteiger partial charge in [0, 0.05) is 16.2 Å². The van der Waals surface area contributed by atoms with Crippen LogP contribution in [0.25, 0.3) is 0 Å². The van der Waals surface area contributed by atoms with Crippen LogP contribution in [0.3, 0.4) is 0 Å². The molecule has 0 radical (unpaired) electrons. The van der Waals surface area contributed by atoms with Gasteiger partial charge in [-0.1, -0.05) is 22.0 Å². The van der Waals surface area contributed by atoms with E-state index in [1.165, 1.54) is 12.1 Å². The lowest BCUT2D eigenvalue weighted by atomic mass is 10.1. The van der Waals surface area contributed by atoms with E-state index in [2.05, 4.69) is 21.2 Å². The SMILES string of the molecule is Cc1c(Nc2ccc(Br)cc2C(=O)OCC(O)CO)cccc1[N+](=O)[O-]. The number of anilines is 2. The zero-order valence-electron chi connectivity index (χ0n) is 13.8. The number of esters is 1. The summed E-state index contributed by atoms with van der Waals surface area (Å²) >= 11 is 3.27. The molecule has 0 spiro atoms. The van der Waals surface area contributed by atoms with Gasteiger partial charge in [-0.05, 0) is 31.2 Å². The molecule has 0 fully saturated rings. The Hall–Kier alpha value is -2.49. The van der Waals surface area contributed by atoms with Crippen molar-refractivity contribution in [2.45, 2.75) is 13.0 Å². The minimum absolute atomic E-state index is 0.0395. The maximum absolute atomic E-state index is 12.3. The maximum Gasteiger partial charge on any atom is 0.340 e. The molecule has 0 saturated heterocycles. The van der Waals surface area contributed by atoms with Crippen molar-refractivity contribution in [2.24, 2.45) is 0 Å². The number of carbonyl (C=O) groups excluding carboxylic acids is 1. The van der Waals surface area contributed by atoms with Gasteiger partial charge in [0.15, 0.2) is 0 Å². The number of hydrogen-bond donors (Lipinski definition) is 3. The van der Waals surface area contributed by atoms with Crippen molar-refractivity contribution >= 4 is 39.0 Å². The number of nitrogens with zero attached hydrogens (tertiary/aromatic N) is 1. The van der Waals surface area contributed by atoms with Crippen LogP contribution in [0.2, 0.25) is 0 Å². The molecule has 9 heteroatoms. The van der Waals surface area contributed by atoms with Crippen LogP contribution in [0.15, 0.2) is 40.9 Å². The van der Waals surface area contributed by atoms with Crippen molar-refractivity contribution in [2.75, 3.05) is 18.5 Å². The van der Waals surface area contributed by atoms with E-state index < -0.39 is 23.6 Å². The molecule has 2 aromatic carbocycles. The van der Waals surface area contributed by atoms with Gasteiger partial charge in [0.1, 0.15) is 12.7 Å². The Morgan fingerprint density at radius 3 is 2.73 bits per heavy atom. The van der Waals surface area contributed by atoms with Gasteiger partial charge in [-0.25, -0.2) is 4.79 Å². The highest BCUT2D eigenvalue weighted by Crippen LogP contribution is 2.30. The highest BCUT2D eigenvalue weighted by atomic mass is 79.9. The zero-order valence-corrected chi connectivity index (χ0v) is 15.4. The van der Waals surface area contributed by atoms with Gasteiger partial charge in [0.25, 0.3) is 5.69 Å². The maximum atomic E-state index is 12.3. The largest absolute Gasteiger partial charge is 0.459 e. The van der Waals surface area contributed by atoms with E-state index in [4.69, 9.17) is 9.84 Å². The summed E-state index contributed by atoms with van der Waals surface area (Å²) in [7, 11) is 0. The molecule has 26 heavy (non-hydrogen) atoms. The van der Waals surface area contributed by atoms with Gasteiger partial charge >= 0.3 is 5.97 Å². The summed E-state index contributed by atoms with van der Waals surface area (Å²) in [6.07, 6.45) is -1.17. The van der Waals surface area contributed by atoms with Crippen LogP contribution in [0.5, 0.6) is 0 Å². The topological polar surface area (TPSA) is 122 Å². The van der Waals surface area contributed by atoms with Crippen LogP contribution in [0.1, 0.15) is 15.9 Å². The molecule has 2 aromatic rings. The van der Waals surface area contributed by atoms with E-state index in [9.17, 15) is 20.0 Å². The molecule has 0 saturated carbocycles. The van der Waals surface area contributed by atoms with Crippen LogP contribution in [0.4, 0.5) is 17.1 Å². The summed E-state index contributed by atoms with van der Waals surface area (Å²) in [5.74, 6) is -0.704. The number of carbonyl (C=O) groups is 1. The summed E-state index contributed by atoms with van der Waals surface area (Å²) in [6, 6.07) is 9.46. The molecule has 0 aliphatic rings. The Morgan fingerprint density at radius 2 is 2.08 bits per heavy atom. The lowest BCUT2D eigenvalue weighted by Gasteiger charge is -2.15. The van der Waals surface area contributed by atoms with Crippen LogP contribution in [0, 0.1) is 17.0 Å². The number of aliphatic hydroxyl groups is 2. The minimum atomic E-state index is -1.17. The summed E-state index contributed by atoms with van der Waals surface area (Å²) < 4.78 is 5.62. The lowest BCUT2D eigenvalue weighted by molar-refractivity contribution is -0.385. The van der Waals surface area contributed by atoms with Crippen LogP contribution in [-0.2, 0) is 4.74 Å². The first kappa shape index (κ1) is 19.8. The molecule has 0 amide bonds. The number of rotatable bonds is 7. The third-order valence-electron chi connectivity index (χ3n) is 3.59. The third-order valence-corrected chi connectivity index (χ3v) is 4.08. The fourth-order valence-electron chi connectivity index (χ4n) is 2.20. The molecule has 138 valence electrons. The van der Waals surface area contributed by atoms with Crippen molar-refractivity contribution in [3.8, 4) is 0 Å². The quantitative estimate of drug-likeness (QED) is 0.354. The molecule has 0 bridgehead atoms. The van der Waals surface area contributed by atoms with E-state index in [0.717, 1.165) is 0 Å². The molecular weight excluding hydrogens is 408 g/mol. The van der Waals surface area contributed by atoms with E-state index in [1.807, 2.05) is 0 Å². The Kier molecular flexibility index (Phi) is 6.67. The van der Waals surface area contributed by atoms with E-state index >= 15 is 0 Å². The normalized spacial score (nSPS) is 11.7. The molecule has 0 aliphatic carbocycles. The number of nitrogens with one attached hydrogen (secondary N) is 1. The van der Waals surface area contributed by atoms with Gasteiger partial charge < -0.3 is 20.3 Å². The zero-order chi connectivity index (χ0) is 19.3. The fraction of sp³-hybridized carbons (Fsp3) is 0.235. The van der Waals surface area contributed by atoms with Gasteiger partial charge in [0.2, 0.25) is 0 Å². The number of hydrogen-bond acceptors (Lipinski definition) is 7. The highest BCUT2D eigenvalue weighted by Gasteiger charge is 2.18. The highest BCUT2D eigenvalue weighted by molar-refractivity contribution is 9.10. The number of benzene rings is 2. The summed E-state index contributed by atoms with van der Waals surface area (Å²) in [5.41, 5.74) is 1.43. The first-order valence-corrected chi connectivity index (χ1v) is 8.39. The molecule has 1 unspecified atom stereocenters. The second kappa shape index (κ2) is 8.75. The lowest BCUT2D eigenvalue weighted by Crippen LogP contribution is -2.22. The van der Waals surface area contributed by atoms with E-state index in [1.54, 1.807) is 31.2 Å². The summed E-state index contributed by atoms with van der Waals surface area (Å²) in [6.45, 7) is 0.732. The first-order chi connectivity index (χ1) is 12.3. The molecule has 0 heterocycles. The van der Waals surface area contributed by atoms with Gasteiger partial charge in [-0.15, -0.1) is 0 Å². The molecule has 1 atom stereocenters. The molecule has 3 N–H and O–H groups in total. The average molecular weight is 425 g/mol. The van der Waals surface area contributed by atoms with E-state index in [-0.39, 0.29) is 17.9 Å². The molecular formula is C17H17BrN2O6. The minimum Gasteiger partial charge on any atom is -0.459 e. The number of ether oxygens (including phenoxy) is 1. The van der Waals surface area contributed by atoms with Crippen molar-refractivity contribution < 1.29 is 24.7 Å². The third kappa shape index (κ3) is 4.78. The van der Waals surface area contributed by atoms with Crippen molar-refractivity contribution in [3.63, 3.8) is 0 Å². The van der Waals surface area contributed by atoms with Gasteiger partial charge in [-0.2, -0.15) is 0 Å². The van der Waals surface area contributed by atoms with Crippen molar-refractivity contribution in [3.05, 3.63) is 62.1 Å². The fourth-order valence-corrected chi connectivity index (χ4v) is 2.56. The van der Waals surface area contributed by atoms with Crippen LogP contribution < -0.4 is 5.32 Å². The van der Waals surface area contributed by atoms with Crippen molar-refractivity contribution in [1.29, 1.82) is 0 Å². The van der Waals surface area contributed by atoms with Crippen LogP contribution in [-0.4, -0.2) is 40.4 Å². The van der Waals surface area contributed by atoms with Crippen molar-refractivity contribution in [1.82, 2.24) is 0 Å². The number of nitro benzene ring substituents is 1. The Morgan fingerprint density at radius 1 is 1.35 bits per heavy atom. The van der Waals surface area contributed by atoms with E-state index in [0.29, 0.717) is 21.4 Å². The first-order valence-electron chi connectivity index (χ1n) is 7.60. The molecule has 8 nitrogen and oxygen atoms in total. The second-order valence-electron chi connectivity index (χ2n) is 5.46. The standard InChI is InChI=1S/C17H17BrN2O6/c1-10-14(3-2-4-16(10)20(24)25)19-15-6-5-11(18)7-13(15)17(23)26-9-12(22)8-21/h2-7,12,19,21-22H,8-9H2,1H3. The second-order valence-corrected chi connectivity index (χ2v) is 6.37. The molecule has 2 rings (SSSR count). The average Bonchev–Trinajstić information content (AvgIpc) is 2.62. The Labute approximate surface area is 157 Å². The Bertz CT molecular complexity index is 827. The van der Waals surface area contributed by atoms with Gasteiger partial charge in [-0.3, -0.25) is 10.1 Å². The smallest absolute Gasteiger partial charge is 0.340 e. The summed E-state index contributed by atoms with van der Waals surface area (Å²) in [5, 5.41) is 32.2. The summed E-state index contributed by atoms with van der Waals surface area (Å²) in [4.78, 5) is 22.9. The molecule has 0 aromatic heterocycles. The number of halogens is 1. The Balaban J connectivity index is 2.32. The molecule has 0 aliphatic heterocycles. The predicted molar refractivity (Wildman–Crippen MR) is 98.6 cm³/mol. The monoisotopic (exact) mass is 424 g/mol. The number of aliphatic hydroxyl groups excluding tert-OH is 2.